The lowest BCUT2D eigenvalue weighted by Crippen LogP contribution is -2.22. The van der Waals surface area contributed by atoms with E-state index in [1.54, 1.807) is 7.11 Å². The van der Waals surface area contributed by atoms with Crippen molar-refractivity contribution < 1.29 is 4.74 Å². The van der Waals surface area contributed by atoms with Crippen LogP contribution in [0.25, 0.3) is 0 Å². The summed E-state index contributed by atoms with van der Waals surface area (Å²) in [6, 6.07) is 4.24. The van der Waals surface area contributed by atoms with Gasteiger partial charge in [0.1, 0.15) is 5.75 Å². The van der Waals surface area contributed by atoms with E-state index in [2.05, 4.69) is 38.2 Å². The van der Waals surface area contributed by atoms with Crippen molar-refractivity contribution in [2.24, 2.45) is 11.7 Å². The molecule has 17 heavy (non-hydrogen) atoms. The van der Waals surface area contributed by atoms with E-state index in [0.717, 1.165) is 42.1 Å². The van der Waals surface area contributed by atoms with Gasteiger partial charge in [-0.25, -0.2) is 0 Å². The zero-order valence-electron chi connectivity index (χ0n) is 11.3. The monoisotopic (exact) mass is 236 g/mol. The molecule has 3 N–H and O–H groups in total. The minimum Gasteiger partial charge on any atom is -0.496 e. The summed E-state index contributed by atoms with van der Waals surface area (Å²) in [7, 11) is 1.71. The van der Waals surface area contributed by atoms with Gasteiger partial charge in [-0.15, -0.1) is 0 Å². The quantitative estimate of drug-likeness (QED) is 0.798. The molecule has 0 fully saturated rings. The van der Waals surface area contributed by atoms with Crippen LogP contribution in [0.1, 0.15) is 24.5 Å². The highest BCUT2D eigenvalue weighted by Gasteiger charge is 2.07. The molecule has 0 radical (unpaired) electrons. The van der Waals surface area contributed by atoms with Crippen LogP contribution < -0.4 is 15.8 Å². The zero-order valence-corrected chi connectivity index (χ0v) is 11.3. The van der Waals surface area contributed by atoms with Crippen LogP contribution in [0.2, 0.25) is 0 Å². The number of anilines is 1. The normalized spacial score (nSPS) is 12.3. The highest BCUT2D eigenvalue weighted by molar-refractivity contribution is 5.55. The average molecular weight is 236 g/mol. The SMILES string of the molecule is CCC(CN)CNc1cc(C)c(OC)c(C)c1. The molecule has 1 aromatic carbocycles. The van der Waals surface area contributed by atoms with Crippen LogP contribution >= 0.6 is 0 Å². The first kappa shape index (κ1) is 13.8. The summed E-state index contributed by atoms with van der Waals surface area (Å²) < 4.78 is 5.35. The third kappa shape index (κ3) is 3.63. The predicted molar refractivity (Wildman–Crippen MR) is 73.8 cm³/mol. The number of nitrogens with two attached hydrogens (primary N) is 1. The van der Waals surface area contributed by atoms with E-state index in [-0.39, 0.29) is 0 Å². The van der Waals surface area contributed by atoms with E-state index >= 15 is 0 Å². The third-order valence-electron chi connectivity index (χ3n) is 3.17. The molecule has 0 aliphatic carbocycles. The Morgan fingerprint density at radius 2 is 1.88 bits per heavy atom. The summed E-state index contributed by atoms with van der Waals surface area (Å²) in [6.07, 6.45) is 1.11. The van der Waals surface area contributed by atoms with Crippen molar-refractivity contribution in [3.8, 4) is 5.75 Å². The zero-order chi connectivity index (χ0) is 12.8. The van der Waals surface area contributed by atoms with Crippen LogP contribution in [0, 0.1) is 19.8 Å². The second-order valence-corrected chi connectivity index (χ2v) is 4.53. The fourth-order valence-corrected chi connectivity index (χ4v) is 2.03. The van der Waals surface area contributed by atoms with Crippen molar-refractivity contribution in [3.63, 3.8) is 0 Å². The van der Waals surface area contributed by atoms with Gasteiger partial charge in [0, 0.05) is 12.2 Å². The van der Waals surface area contributed by atoms with E-state index in [1.807, 2.05) is 0 Å². The van der Waals surface area contributed by atoms with Crippen molar-refractivity contribution >= 4 is 5.69 Å². The molecule has 0 spiro atoms. The van der Waals surface area contributed by atoms with E-state index in [1.165, 1.54) is 0 Å². The number of nitrogens with one attached hydrogen (secondary N) is 1. The number of benzene rings is 1. The van der Waals surface area contributed by atoms with Crippen molar-refractivity contribution in [1.29, 1.82) is 0 Å². The first-order valence-electron chi connectivity index (χ1n) is 6.21. The van der Waals surface area contributed by atoms with E-state index < -0.39 is 0 Å². The van der Waals surface area contributed by atoms with Gasteiger partial charge in [-0.2, -0.15) is 0 Å². The number of hydrogen-bond acceptors (Lipinski definition) is 3. The molecule has 0 bridgehead atoms. The predicted octanol–water partition coefficient (Wildman–Crippen LogP) is 2.71. The van der Waals surface area contributed by atoms with E-state index in [9.17, 15) is 0 Å². The van der Waals surface area contributed by atoms with E-state index in [0.29, 0.717) is 5.92 Å². The summed E-state index contributed by atoms with van der Waals surface area (Å²) >= 11 is 0. The molecule has 3 heteroatoms. The van der Waals surface area contributed by atoms with Gasteiger partial charge < -0.3 is 15.8 Å². The minimum atomic E-state index is 0.540. The Labute approximate surface area is 104 Å². The van der Waals surface area contributed by atoms with Gasteiger partial charge >= 0.3 is 0 Å². The molecule has 1 atom stereocenters. The van der Waals surface area contributed by atoms with Gasteiger partial charge in [-0.3, -0.25) is 0 Å². The van der Waals surface area contributed by atoms with Crippen LogP contribution in [-0.4, -0.2) is 20.2 Å². The molecule has 0 aliphatic heterocycles. The van der Waals surface area contributed by atoms with Crippen molar-refractivity contribution in [2.45, 2.75) is 27.2 Å². The highest BCUT2D eigenvalue weighted by atomic mass is 16.5. The van der Waals surface area contributed by atoms with Gasteiger partial charge in [-0.05, 0) is 49.6 Å². The molecular weight excluding hydrogens is 212 g/mol. The molecule has 0 aromatic heterocycles. The van der Waals surface area contributed by atoms with Gasteiger partial charge in [0.15, 0.2) is 0 Å². The van der Waals surface area contributed by atoms with Crippen LogP contribution in [0.3, 0.4) is 0 Å². The second kappa shape index (κ2) is 6.50. The molecule has 0 heterocycles. The minimum absolute atomic E-state index is 0.540. The summed E-state index contributed by atoms with van der Waals surface area (Å²) in [5.74, 6) is 1.51. The summed E-state index contributed by atoms with van der Waals surface area (Å²) in [5, 5.41) is 3.44. The Morgan fingerprint density at radius 3 is 2.29 bits per heavy atom. The topological polar surface area (TPSA) is 47.3 Å². The number of ether oxygens (including phenoxy) is 1. The molecular formula is C14H24N2O. The maximum atomic E-state index is 5.69. The summed E-state index contributed by atoms with van der Waals surface area (Å²) in [6.45, 7) is 7.97. The molecule has 96 valence electrons. The Balaban J connectivity index is 2.73. The van der Waals surface area contributed by atoms with E-state index in [4.69, 9.17) is 10.5 Å². The second-order valence-electron chi connectivity index (χ2n) is 4.53. The maximum Gasteiger partial charge on any atom is 0.124 e. The molecule has 0 saturated heterocycles. The van der Waals surface area contributed by atoms with Gasteiger partial charge in [0.2, 0.25) is 0 Å². The summed E-state index contributed by atoms with van der Waals surface area (Å²) in [4.78, 5) is 0. The molecule has 0 amide bonds. The Hall–Kier alpha value is -1.22. The standard InChI is InChI=1S/C14H24N2O/c1-5-12(8-15)9-16-13-6-10(2)14(17-4)11(3)7-13/h6-7,12,16H,5,8-9,15H2,1-4H3. The third-order valence-corrected chi connectivity index (χ3v) is 3.17. The molecule has 1 unspecified atom stereocenters. The number of rotatable bonds is 6. The lowest BCUT2D eigenvalue weighted by Gasteiger charge is -2.16. The van der Waals surface area contributed by atoms with Gasteiger partial charge in [-0.1, -0.05) is 13.3 Å². The molecule has 1 aromatic rings. The fraction of sp³-hybridized carbons (Fsp3) is 0.571. The number of aryl methyl sites for hydroxylation is 2. The lowest BCUT2D eigenvalue weighted by molar-refractivity contribution is 0.408. The average Bonchev–Trinajstić information content (AvgIpc) is 2.30. The van der Waals surface area contributed by atoms with Gasteiger partial charge in [0.25, 0.3) is 0 Å². The Bertz CT molecular complexity index is 336. The lowest BCUT2D eigenvalue weighted by atomic mass is 10.1. The Morgan fingerprint density at radius 1 is 1.29 bits per heavy atom. The van der Waals surface area contributed by atoms with Crippen LogP contribution in [0.5, 0.6) is 5.75 Å². The first-order chi connectivity index (χ1) is 8.12. The number of hydrogen-bond donors (Lipinski definition) is 2. The van der Waals surface area contributed by atoms with Gasteiger partial charge in [0.05, 0.1) is 7.11 Å². The van der Waals surface area contributed by atoms with Crippen LogP contribution in [0.4, 0.5) is 5.69 Å². The van der Waals surface area contributed by atoms with Crippen molar-refractivity contribution in [1.82, 2.24) is 0 Å². The molecule has 0 saturated carbocycles. The molecule has 1 rings (SSSR count). The summed E-state index contributed by atoms with van der Waals surface area (Å²) in [5.41, 5.74) is 9.16. The smallest absolute Gasteiger partial charge is 0.124 e. The highest BCUT2D eigenvalue weighted by Crippen LogP contribution is 2.26. The van der Waals surface area contributed by atoms with Crippen LogP contribution in [-0.2, 0) is 0 Å². The first-order valence-corrected chi connectivity index (χ1v) is 6.21. The molecule has 0 aliphatic rings. The fourth-order valence-electron chi connectivity index (χ4n) is 2.03. The number of methoxy groups -OCH3 is 1. The molecule has 3 nitrogen and oxygen atoms in total. The van der Waals surface area contributed by atoms with Crippen LogP contribution in [0.15, 0.2) is 12.1 Å². The maximum absolute atomic E-state index is 5.69. The largest absolute Gasteiger partial charge is 0.496 e. The van der Waals surface area contributed by atoms with Crippen molar-refractivity contribution in [3.05, 3.63) is 23.3 Å². The Kier molecular flexibility index (Phi) is 5.29. The van der Waals surface area contributed by atoms with Crippen molar-refractivity contribution in [2.75, 3.05) is 25.5 Å².